The van der Waals surface area contributed by atoms with Gasteiger partial charge in [0.05, 0.1) is 0 Å². The molecule has 0 unspecified atom stereocenters. The van der Waals surface area contributed by atoms with Crippen LogP contribution in [0.4, 0.5) is 13.2 Å². The molecule has 1 aromatic heterocycles. The average Bonchev–Trinajstić information content (AvgIpc) is 2.60. The third-order valence-electron chi connectivity index (χ3n) is 1.61. The molecular weight excluding hydrogens is 227 g/mol. The van der Waals surface area contributed by atoms with Crippen LogP contribution in [0.5, 0.6) is 0 Å². The van der Waals surface area contributed by atoms with E-state index >= 15 is 0 Å². The molecule has 0 aliphatic rings. The molecule has 0 atom stereocenters. The van der Waals surface area contributed by atoms with Gasteiger partial charge in [-0.2, -0.15) is 13.2 Å². The van der Waals surface area contributed by atoms with Gasteiger partial charge < -0.3 is 4.98 Å². The Hall–Kier alpha value is -0.720. The number of halogens is 3. The van der Waals surface area contributed by atoms with E-state index in [1.165, 1.54) is 0 Å². The summed E-state index contributed by atoms with van der Waals surface area (Å²) in [7, 11) is 0. The van der Waals surface area contributed by atoms with Gasteiger partial charge in [0, 0.05) is 5.75 Å². The van der Waals surface area contributed by atoms with E-state index < -0.39 is 12.0 Å². The van der Waals surface area contributed by atoms with Gasteiger partial charge in [-0.25, -0.2) is 0 Å². The van der Waals surface area contributed by atoms with Gasteiger partial charge in [0.1, 0.15) is 0 Å². The standard InChI is InChI=1S/C8H11F3N3S/c1-2-3-4-5-15-7-12-6(13-14-7)8(9,10)11/h5H,2-4H2,1H3,(H,12,13,14). The van der Waals surface area contributed by atoms with Crippen LogP contribution in [0.25, 0.3) is 0 Å². The largest absolute Gasteiger partial charge is 0.451 e. The second kappa shape index (κ2) is 5.39. The summed E-state index contributed by atoms with van der Waals surface area (Å²) in [4.78, 5) is 2.11. The van der Waals surface area contributed by atoms with Crippen LogP contribution in [0.2, 0.25) is 0 Å². The van der Waals surface area contributed by atoms with Gasteiger partial charge in [0.2, 0.25) is 5.82 Å². The smallest absolute Gasteiger partial charge is 0.312 e. The van der Waals surface area contributed by atoms with Crippen molar-refractivity contribution in [3.8, 4) is 0 Å². The molecule has 0 amide bonds. The van der Waals surface area contributed by atoms with Crippen molar-refractivity contribution >= 4 is 11.8 Å². The highest BCUT2D eigenvalue weighted by Gasteiger charge is 2.35. The van der Waals surface area contributed by atoms with E-state index in [9.17, 15) is 13.2 Å². The molecule has 1 aromatic rings. The highest BCUT2D eigenvalue weighted by Crippen LogP contribution is 2.28. The van der Waals surface area contributed by atoms with Crippen LogP contribution in [0.3, 0.4) is 0 Å². The van der Waals surface area contributed by atoms with Crippen LogP contribution < -0.4 is 0 Å². The first-order valence-electron chi connectivity index (χ1n) is 4.52. The number of hydrogen-bond donors (Lipinski definition) is 1. The van der Waals surface area contributed by atoms with Crippen molar-refractivity contribution < 1.29 is 13.2 Å². The second-order valence-electron chi connectivity index (χ2n) is 2.90. The molecule has 0 bridgehead atoms. The lowest BCUT2D eigenvalue weighted by Crippen LogP contribution is -2.07. The Morgan fingerprint density at radius 3 is 2.67 bits per heavy atom. The van der Waals surface area contributed by atoms with Gasteiger partial charge in [-0.05, 0) is 6.42 Å². The number of H-pyrrole nitrogens is 1. The molecule has 0 saturated carbocycles. The Morgan fingerprint density at radius 1 is 1.40 bits per heavy atom. The summed E-state index contributed by atoms with van der Waals surface area (Å²) in [6.45, 7) is 2.05. The molecule has 0 spiro atoms. The van der Waals surface area contributed by atoms with Crippen molar-refractivity contribution in [1.82, 2.24) is 15.2 Å². The molecule has 0 aromatic carbocycles. The normalized spacial score (nSPS) is 12.0. The molecule has 1 N–H and O–H groups in total. The summed E-state index contributed by atoms with van der Waals surface area (Å²) in [5.74, 6) is 0.776. The predicted molar refractivity (Wildman–Crippen MR) is 51.1 cm³/mol. The van der Waals surface area contributed by atoms with Crippen molar-refractivity contribution in [2.24, 2.45) is 0 Å². The number of nitrogens with zero attached hydrogens (tertiary/aromatic N) is 2. The first kappa shape index (κ1) is 12.4. The van der Waals surface area contributed by atoms with E-state index in [4.69, 9.17) is 0 Å². The second-order valence-corrected chi connectivity index (χ2v) is 3.86. The van der Waals surface area contributed by atoms with E-state index in [-0.39, 0.29) is 5.16 Å². The molecule has 0 aliphatic heterocycles. The number of unbranched alkanes of at least 4 members (excludes halogenated alkanes) is 2. The molecule has 0 fully saturated rings. The Labute approximate surface area is 89.9 Å². The van der Waals surface area contributed by atoms with Crippen molar-refractivity contribution in [3.63, 3.8) is 0 Å². The minimum Gasteiger partial charge on any atom is -0.312 e. The molecule has 7 heteroatoms. The maximum atomic E-state index is 12.1. The molecule has 15 heavy (non-hydrogen) atoms. The number of hydrogen-bond acceptors (Lipinski definition) is 3. The van der Waals surface area contributed by atoms with Crippen LogP contribution in [-0.2, 0) is 6.18 Å². The molecule has 85 valence electrons. The maximum Gasteiger partial charge on any atom is 0.451 e. The summed E-state index contributed by atoms with van der Waals surface area (Å²) in [5, 5.41) is 6.58. The summed E-state index contributed by atoms with van der Waals surface area (Å²) >= 11 is 1.14. The van der Waals surface area contributed by atoms with Crippen LogP contribution in [0.1, 0.15) is 32.0 Å². The topological polar surface area (TPSA) is 41.6 Å². The predicted octanol–water partition coefficient (Wildman–Crippen LogP) is 3.27. The number of aromatic amines is 1. The van der Waals surface area contributed by atoms with Crippen LogP contribution in [-0.4, -0.2) is 15.2 Å². The Bertz CT molecular complexity index is 298. The van der Waals surface area contributed by atoms with Gasteiger partial charge in [-0.1, -0.05) is 31.5 Å². The Kier molecular flexibility index (Phi) is 4.44. The van der Waals surface area contributed by atoms with Gasteiger partial charge in [-0.15, -0.1) is 10.2 Å². The molecule has 3 nitrogen and oxygen atoms in total. The average molecular weight is 238 g/mol. The monoisotopic (exact) mass is 238 g/mol. The van der Waals surface area contributed by atoms with E-state index in [1.807, 2.05) is 5.75 Å². The summed E-state index contributed by atoms with van der Waals surface area (Å²) in [6.07, 6.45) is -1.52. The van der Waals surface area contributed by atoms with Crippen molar-refractivity contribution in [2.45, 2.75) is 37.5 Å². The zero-order valence-corrected chi connectivity index (χ0v) is 8.95. The minimum atomic E-state index is -4.45. The first-order valence-corrected chi connectivity index (χ1v) is 5.40. The number of aromatic nitrogens is 3. The van der Waals surface area contributed by atoms with Crippen molar-refractivity contribution in [1.29, 1.82) is 0 Å². The highest BCUT2D eigenvalue weighted by atomic mass is 32.2. The van der Waals surface area contributed by atoms with E-state index in [2.05, 4.69) is 22.1 Å². The van der Waals surface area contributed by atoms with E-state index in [0.29, 0.717) is 0 Å². The lowest BCUT2D eigenvalue weighted by molar-refractivity contribution is -0.144. The fourth-order valence-corrected chi connectivity index (χ4v) is 1.54. The first-order chi connectivity index (χ1) is 7.04. The number of rotatable bonds is 5. The zero-order chi connectivity index (χ0) is 11.3. The minimum absolute atomic E-state index is 0.179. The Balaban J connectivity index is 2.40. The molecular formula is C8H11F3N3S. The number of thioether (sulfide) groups is 1. The Morgan fingerprint density at radius 2 is 2.13 bits per heavy atom. The number of nitrogens with one attached hydrogen (secondary N) is 1. The zero-order valence-electron chi connectivity index (χ0n) is 8.14. The lowest BCUT2D eigenvalue weighted by Gasteiger charge is -1.99. The molecule has 1 rings (SSSR count). The third-order valence-corrected chi connectivity index (χ3v) is 2.41. The van der Waals surface area contributed by atoms with Crippen molar-refractivity contribution in [2.75, 3.05) is 0 Å². The summed E-state index contributed by atoms with van der Waals surface area (Å²) in [5.41, 5.74) is 0. The third kappa shape index (κ3) is 4.11. The molecule has 0 aliphatic carbocycles. The van der Waals surface area contributed by atoms with Gasteiger partial charge in [0.25, 0.3) is 0 Å². The fraction of sp³-hybridized carbons (Fsp3) is 0.625. The van der Waals surface area contributed by atoms with Crippen molar-refractivity contribution in [3.05, 3.63) is 11.6 Å². The molecule has 1 heterocycles. The fourth-order valence-electron chi connectivity index (χ4n) is 0.853. The van der Waals surface area contributed by atoms with Gasteiger partial charge in [-0.3, -0.25) is 0 Å². The molecule has 0 saturated heterocycles. The van der Waals surface area contributed by atoms with Gasteiger partial charge >= 0.3 is 6.18 Å². The van der Waals surface area contributed by atoms with Crippen LogP contribution in [0.15, 0.2) is 5.16 Å². The maximum absolute atomic E-state index is 12.1. The summed E-state index contributed by atoms with van der Waals surface area (Å²) in [6, 6.07) is 0. The quantitative estimate of drug-likeness (QED) is 0.632. The number of alkyl halides is 3. The lowest BCUT2D eigenvalue weighted by atomic mass is 10.3. The SMILES string of the molecule is CCCC[CH]Sc1nnc(C(F)(F)F)[nH]1. The van der Waals surface area contributed by atoms with Crippen LogP contribution >= 0.6 is 11.8 Å². The highest BCUT2D eigenvalue weighted by molar-refractivity contribution is 8.01. The van der Waals surface area contributed by atoms with Crippen LogP contribution in [0, 0.1) is 5.75 Å². The van der Waals surface area contributed by atoms with E-state index in [1.54, 1.807) is 0 Å². The van der Waals surface area contributed by atoms with E-state index in [0.717, 1.165) is 31.0 Å². The molecule has 1 radical (unpaired) electrons. The summed E-state index contributed by atoms with van der Waals surface area (Å²) < 4.78 is 36.3. The van der Waals surface area contributed by atoms with Gasteiger partial charge in [0.15, 0.2) is 5.16 Å².